The first-order valence-electron chi connectivity index (χ1n) is 8.88. The molecule has 5 rings (SSSR count). The van der Waals surface area contributed by atoms with Gasteiger partial charge in [-0.1, -0.05) is 12.1 Å². The highest BCUT2D eigenvalue weighted by Gasteiger charge is 2.53. The van der Waals surface area contributed by atoms with E-state index in [2.05, 4.69) is 44.2 Å². The zero-order valence-corrected chi connectivity index (χ0v) is 15.0. The lowest BCUT2D eigenvalue weighted by Gasteiger charge is -2.32. The highest BCUT2D eigenvalue weighted by atomic mass is 16.7. The first kappa shape index (κ1) is 15.4. The van der Waals surface area contributed by atoms with Crippen molar-refractivity contribution in [3.63, 3.8) is 0 Å². The maximum absolute atomic E-state index is 12.0. The second-order valence-electron chi connectivity index (χ2n) is 8.50. The van der Waals surface area contributed by atoms with Gasteiger partial charge < -0.3 is 14.6 Å². The van der Waals surface area contributed by atoms with Crippen molar-refractivity contribution in [1.29, 1.82) is 0 Å². The second-order valence-corrected chi connectivity index (χ2v) is 8.50. The van der Waals surface area contributed by atoms with Gasteiger partial charge in [-0.15, -0.1) is 0 Å². The standard InChI is InChI=1S/C18H22BN3O3/c1-16(2)17(3,4)25-19(24-16)11-5-6-13-12(9-11)15-18(7-8-18)20-14(23)10-22(15)21-13/h5-6,9H,7-8,10H2,1-4H3,(H,20,23). The van der Waals surface area contributed by atoms with Gasteiger partial charge in [-0.25, -0.2) is 0 Å². The molecular weight excluding hydrogens is 317 g/mol. The van der Waals surface area contributed by atoms with Crippen molar-refractivity contribution in [3.05, 3.63) is 23.9 Å². The fourth-order valence-electron chi connectivity index (χ4n) is 3.88. The van der Waals surface area contributed by atoms with Crippen LogP contribution in [0.25, 0.3) is 10.9 Å². The molecular formula is C18H22BN3O3. The SMILES string of the molecule is CC1(C)OB(c2ccc3nn4c(c3c2)C2(CC2)NC(=O)C4)OC1(C)C. The van der Waals surface area contributed by atoms with Crippen LogP contribution >= 0.6 is 0 Å². The number of rotatable bonds is 1. The van der Waals surface area contributed by atoms with Crippen molar-refractivity contribution in [1.82, 2.24) is 15.1 Å². The molecule has 1 aliphatic carbocycles. The van der Waals surface area contributed by atoms with Crippen molar-refractivity contribution >= 4 is 29.4 Å². The summed E-state index contributed by atoms with van der Waals surface area (Å²) in [6.07, 6.45) is 1.94. The maximum atomic E-state index is 12.0. The number of carbonyl (C=O) groups excluding carboxylic acids is 1. The molecule has 0 bridgehead atoms. The van der Waals surface area contributed by atoms with Crippen molar-refractivity contribution < 1.29 is 14.1 Å². The number of nitrogens with zero attached hydrogens (tertiary/aromatic N) is 2. The van der Waals surface area contributed by atoms with Gasteiger partial charge in [-0.05, 0) is 52.1 Å². The van der Waals surface area contributed by atoms with E-state index in [9.17, 15) is 4.79 Å². The number of hydrogen-bond acceptors (Lipinski definition) is 4. The molecule has 2 fully saturated rings. The summed E-state index contributed by atoms with van der Waals surface area (Å²) in [5.74, 6) is 0.0454. The van der Waals surface area contributed by atoms with Gasteiger partial charge in [0.2, 0.25) is 5.91 Å². The monoisotopic (exact) mass is 339 g/mol. The summed E-state index contributed by atoms with van der Waals surface area (Å²) in [5, 5.41) is 8.88. The first-order chi connectivity index (χ1) is 11.7. The minimum Gasteiger partial charge on any atom is -0.399 e. The molecule has 0 unspecified atom stereocenters. The lowest BCUT2D eigenvalue weighted by molar-refractivity contribution is -0.124. The smallest absolute Gasteiger partial charge is 0.399 e. The lowest BCUT2D eigenvalue weighted by atomic mass is 9.78. The summed E-state index contributed by atoms with van der Waals surface area (Å²) in [7, 11) is -0.390. The Bertz CT molecular complexity index is 898. The highest BCUT2D eigenvalue weighted by molar-refractivity contribution is 6.62. The Hall–Kier alpha value is -1.86. The maximum Gasteiger partial charge on any atom is 0.494 e. The van der Waals surface area contributed by atoms with Gasteiger partial charge >= 0.3 is 7.12 Å². The van der Waals surface area contributed by atoms with Gasteiger partial charge in [0, 0.05) is 5.39 Å². The minimum absolute atomic E-state index is 0.0454. The summed E-state index contributed by atoms with van der Waals surface area (Å²) < 4.78 is 14.2. The Kier molecular flexibility index (Phi) is 2.74. The average molecular weight is 339 g/mol. The Morgan fingerprint density at radius 1 is 1.16 bits per heavy atom. The van der Waals surface area contributed by atoms with Gasteiger partial charge in [0.25, 0.3) is 0 Å². The molecule has 2 aliphatic heterocycles. The Balaban J connectivity index is 1.61. The molecule has 3 aliphatic rings. The van der Waals surface area contributed by atoms with Gasteiger partial charge in [-0.2, -0.15) is 5.10 Å². The summed E-state index contributed by atoms with van der Waals surface area (Å²) in [6, 6.07) is 6.13. The quantitative estimate of drug-likeness (QED) is 0.799. The lowest BCUT2D eigenvalue weighted by Crippen LogP contribution is -2.44. The zero-order valence-electron chi connectivity index (χ0n) is 15.0. The van der Waals surface area contributed by atoms with E-state index in [1.807, 2.05) is 16.8 Å². The molecule has 1 aromatic carbocycles. The highest BCUT2D eigenvalue weighted by Crippen LogP contribution is 2.49. The summed E-state index contributed by atoms with van der Waals surface area (Å²) in [4.78, 5) is 12.0. The minimum atomic E-state index is -0.390. The number of fused-ring (bicyclic) bond motifs is 4. The van der Waals surface area contributed by atoms with E-state index in [-0.39, 0.29) is 29.2 Å². The van der Waals surface area contributed by atoms with Crippen LogP contribution in [0.5, 0.6) is 0 Å². The van der Waals surface area contributed by atoms with Crippen molar-refractivity contribution in [3.8, 4) is 0 Å². The van der Waals surface area contributed by atoms with Crippen LogP contribution in [-0.2, 0) is 26.2 Å². The van der Waals surface area contributed by atoms with E-state index in [0.717, 1.165) is 34.9 Å². The number of carbonyl (C=O) groups is 1. The molecule has 0 atom stereocenters. The third kappa shape index (κ3) is 2.05. The van der Waals surface area contributed by atoms with Crippen molar-refractivity contribution in [2.24, 2.45) is 0 Å². The zero-order chi connectivity index (χ0) is 17.6. The predicted octanol–water partition coefficient (Wildman–Crippen LogP) is 1.45. The second kappa shape index (κ2) is 4.45. The molecule has 1 N–H and O–H groups in total. The first-order valence-corrected chi connectivity index (χ1v) is 8.88. The topological polar surface area (TPSA) is 65.4 Å². The van der Waals surface area contributed by atoms with E-state index in [1.165, 1.54) is 0 Å². The summed E-state index contributed by atoms with van der Waals surface area (Å²) >= 11 is 0. The molecule has 3 heterocycles. The number of aromatic nitrogens is 2. The van der Waals surface area contributed by atoms with Gasteiger partial charge in [0.05, 0.1) is 28.0 Å². The van der Waals surface area contributed by atoms with Crippen LogP contribution in [-0.4, -0.2) is 34.0 Å². The normalized spacial score (nSPS) is 25.3. The van der Waals surface area contributed by atoms with E-state index in [1.54, 1.807) is 0 Å². The van der Waals surface area contributed by atoms with Crippen LogP contribution in [0.15, 0.2) is 18.2 Å². The average Bonchev–Trinajstić information content (AvgIpc) is 3.08. The van der Waals surface area contributed by atoms with Gasteiger partial charge in [0.15, 0.2) is 0 Å². The molecule has 1 spiro atoms. The fourth-order valence-corrected chi connectivity index (χ4v) is 3.88. The predicted molar refractivity (Wildman–Crippen MR) is 94.5 cm³/mol. The number of nitrogens with one attached hydrogen (secondary N) is 1. The van der Waals surface area contributed by atoms with E-state index in [4.69, 9.17) is 9.31 Å². The van der Waals surface area contributed by atoms with Crippen LogP contribution in [0, 0.1) is 0 Å². The molecule has 1 aromatic heterocycles. The molecule has 25 heavy (non-hydrogen) atoms. The Morgan fingerprint density at radius 3 is 2.48 bits per heavy atom. The van der Waals surface area contributed by atoms with E-state index < -0.39 is 7.12 Å². The van der Waals surface area contributed by atoms with Crippen LogP contribution < -0.4 is 10.8 Å². The number of benzene rings is 1. The molecule has 1 saturated heterocycles. The fraction of sp³-hybridized carbons (Fsp3) is 0.556. The Labute approximate surface area is 147 Å². The van der Waals surface area contributed by atoms with Crippen molar-refractivity contribution in [2.45, 2.75) is 63.8 Å². The third-order valence-corrected chi connectivity index (χ3v) is 6.16. The number of hydrogen-bond donors (Lipinski definition) is 1. The molecule has 130 valence electrons. The van der Waals surface area contributed by atoms with Gasteiger partial charge in [0.1, 0.15) is 6.54 Å². The third-order valence-electron chi connectivity index (χ3n) is 6.16. The molecule has 2 aromatic rings. The molecule has 0 radical (unpaired) electrons. The van der Waals surface area contributed by atoms with E-state index >= 15 is 0 Å². The molecule has 6 nitrogen and oxygen atoms in total. The molecule has 1 amide bonds. The Morgan fingerprint density at radius 2 is 1.84 bits per heavy atom. The van der Waals surface area contributed by atoms with Gasteiger partial charge in [-0.3, -0.25) is 9.48 Å². The van der Waals surface area contributed by atoms with Crippen LogP contribution in [0.4, 0.5) is 0 Å². The van der Waals surface area contributed by atoms with Crippen molar-refractivity contribution in [2.75, 3.05) is 0 Å². The van der Waals surface area contributed by atoms with Crippen LogP contribution in [0.3, 0.4) is 0 Å². The molecule has 1 saturated carbocycles. The van der Waals surface area contributed by atoms with Crippen LogP contribution in [0.1, 0.15) is 46.2 Å². The summed E-state index contributed by atoms with van der Waals surface area (Å²) in [5.41, 5.74) is 2.08. The summed E-state index contributed by atoms with van der Waals surface area (Å²) in [6.45, 7) is 8.52. The largest absolute Gasteiger partial charge is 0.494 e. The van der Waals surface area contributed by atoms with E-state index in [0.29, 0.717) is 0 Å². The van der Waals surface area contributed by atoms with Crippen LogP contribution in [0.2, 0.25) is 0 Å². The molecule has 7 heteroatoms. The number of amides is 1.